The third kappa shape index (κ3) is 26.1. The fourth-order valence-electron chi connectivity index (χ4n) is 13.1. The summed E-state index contributed by atoms with van der Waals surface area (Å²) >= 11 is 0. The van der Waals surface area contributed by atoms with E-state index < -0.39 is 0 Å². The predicted molar refractivity (Wildman–Crippen MR) is 306 cm³/mol. The van der Waals surface area contributed by atoms with E-state index in [2.05, 4.69) is 76.7 Å². The van der Waals surface area contributed by atoms with Gasteiger partial charge in [-0.1, -0.05) is 248 Å². The molecular weight excluding hydrogens is 889 g/mol. The van der Waals surface area contributed by atoms with Gasteiger partial charge < -0.3 is 21.3 Å². The summed E-state index contributed by atoms with van der Waals surface area (Å²) < 4.78 is 0. The minimum Gasteiger partial charge on any atom is -0.351 e. The SMILES string of the molecule is CCCCCCCCC1CC(CCCCCCC(=O)N[C@H]2CCCC[C@@H]2NC(=O)C(C)(C)CCCC)C(CCCCCCC(=O)N[C@@H]2CCCC[C@H]2NC(=O)C(C)(C)CCCC)CC1CCCCCCCC. The van der Waals surface area contributed by atoms with E-state index in [1.165, 1.54) is 141 Å². The fraction of sp³-hybridized carbons (Fsp3) is 0.938. The van der Waals surface area contributed by atoms with Gasteiger partial charge in [0.2, 0.25) is 23.6 Å². The summed E-state index contributed by atoms with van der Waals surface area (Å²) in [5.41, 5.74) is -0.753. The normalized spacial score (nSPS) is 23.9. The Balaban J connectivity index is 1.52. The monoisotopic (exact) mass is 1010 g/mol. The maximum atomic E-state index is 13.3. The molecule has 8 nitrogen and oxygen atoms in total. The van der Waals surface area contributed by atoms with E-state index in [4.69, 9.17) is 0 Å². The molecule has 0 aromatic carbocycles. The first-order valence-electron chi connectivity index (χ1n) is 31.9. The van der Waals surface area contributed by atoms with Crippen LogP contribution in [0.15, 0.2) is 0 Å². The smallest absolute Gasteiger partial charge is 0.225 e. The quantitative estimate of drug-likeness (QED) is 0.0458. The first kappa shape index (κ1) is 64.2. The molecule has 0 saturated heterocycles. The Morgan fingerprint density at radius 3 is 0.917 bits per heavy atom. The number of amides is 4. The highest BCUT2D eigenvalue weighted by atomic mass is 16.2. The summed E-state index contributed by atoms with van der Waals surface area (Å²) in [5, 5.41) is 13.5. The molecule has 3 aliphatic carbocycles. The number of carbonyl (C=O) groups is 4. The van der Waals surface area contributed by atoms with Crippen LogP contribution in [0.4, 0.5) is 0 Å². The topological polar surface area (TPSA) is 116 Å². The van der Waals surface area contributed by atoms with Gasteiger partial charge in [0, 0.05) is 47.8 Å². The maximum absolute atomic E-state index is 13.3. The fourth-order valence-corrected chi connectivity index (χ4v) is 13.1. The minimum absolute atomic E-state index is 0.0382. The van der Waals surface area contributed by atoms with E-state index in [0.717, 1.165) is 139 Å². The molecule has 8 atom stereocenters. The van der Waals surface area contributed by atoms with Crippen molar-refractivity contribution >= 4 is 23.6 Å². The van der Waals surface area contributed by atoms with E-state index in [9.17, 15) is 19.2 Å². The number of hydrogen-bond acceptors (Lipinski definition) is 4. The Bertz CT molecular complexity index is 1340. The van der Waals surface area contributed by atoms with Crippen molar-refractivity contribution in [2.24, 2.45) is 34.5 Å². The van der Waals surface area contributed by atoms with Crippen molar-refractivity contribution in [1.82, 2.24) is 21.3 Å². The van der Waals surface area contributed by atoms with E-state index >= 15 is 0 Å². The Labute approximate surface area is 446 Å². The first-order valence-corrected chi connectivity index (χ1v) is 31.9. The lowest BCUT2D eigenvalue weighted by molar-refractivity contribution is -0.132. The van der Waals surface area contributed by atoms with E-state index in [-0.39, 0.29) is 58.6 Å². The lowest BCUT2D eigenvalue weighted by atomic mass is 9.63. The van der Waals surface area contributed by atoms with Crippen LogP contribution in [0.1, 0.15) is 325 Å². The minimum atomic E-state index is -0.376. The van der Waals surface area contributed by atoms with Crippen molar-refractivity contribution in [3.05, 3.63) is 0 Å². The molecule has 0 heterocycles. The molecule has 420 valence electrons. The van der Waals surface area contributed by atoms with Crippen LogP contribution in [-0.2, 0) is 19.2 Å². The average Bonchev–Trinajstić information content (AvgIpc) is 3.36. The highest BCUT2D eigenvalue weighted by molar-refractivity contribution is 5.83. The molecule has 3 saturated carbocycles. The van der Waals surface area contributed by atoms with Gasteiger partial charge in [-0.3, -0.25) is 19.2 Å². The molecule has 0 bridgehead atoms. The van der Waals surface area contributed by atoms with Crippen LogP contribution >= 0.6 is 0 Å². The van der Waals surface area contributed by atoms with Gasteiger partial charge in [-0.2, -0.15) is 0 Å². The van der Waals surface area contributed by atoms with Crippen LogP contribution in [0.2, 0.25) is 0 Å². The second-order valence-corrected chi connectivity index (χ2v) is 25.6. The van der Waals surface area contributed by atoms with Crippen molar-refractivity contribution in [2.75, 3.05) is 0 Å². The van der Waals surface area contributed by atoms with Crippen LogP contribution in [0.3, 0.4) is 0 Å². The zero-order valence-electron chi connectivity index (χ0n) is 49.0. The summed E-state index contributed by atoms with van der Waals surface area (Å²) in [4.78, 5) is 53.1. The van der Waals surface area contributed by atoms with Crippen LogP contribution in [0.25, 0.3) is 0 Å². The third-order valence-electron chi connectivity index (χ3n) is 18.3. The Kier molecular flexibility index (Phi) is 33.5. The molecule has 8 heteroatoms. The number of hydrogen-bond donors (Lipinski definition) is 4. The maximum Gasteiger partial charge on any atom is 0.225 e. The molecule has 3 aliphatic rings. The summed E-state index contributed by atoms with van der Waals surface area (Å²) in [5.74, 6) is 3.99. The van der Waals surface area contributed by atoms with Gasteiger partial charge in [-0.15, -0.1) is 0 Å². The average molecular weight is 1010 g/mol. The highest BCUT2D eigenvalue weighted by Crippen LogP contribution is 2.46. The summed E-state index contributed by atoms with van der Waals surface area (Å²) in [6.45, 7) is 17.2. The van der Waals surface area contributed by atoms with Crippen molar-refractivity contribution < 1.29 is 19.2 Å². The van der Waals surface area contributed by atoms with Crippen molar-refractivity contribution in [3.63, 3.8) is 0 Å². The standard InChI is InChI=1S/C64H120N4O4/c1-9-13-17-19-21-27-37-51-49-53(39-29-23-25-31-45-59(69)65-55-41-33-35-43-57(55)67-61(71)63(5,6)47-15-11-3)54(50-52(51)38-28-22-20-18-14-10-2)40-30-24-26-32-46-60(70)66-56-42-34-36-44-58(56)68-62(72)64(7,8)48-16-12-4/h51-58H,9-50H2,1-8H3,(H,65,69)(H,66,70)(H,67,71)(H,68,72)/t51?,52?,53?,54?,55-,56+,57-,58+. The molecule has 4 N–H and O–H groups in total. The Hall–Kier alpha value is -2.12. The highest BCUT2D eigenvalue weighted by Gasteiger charge is 2.37. The van der Waals surface area contributed by atoms with Gasteiger partial charge in [-0.05, 0) is 87.9 Å². The molecule has 0 aromatic heterocycles. The largest absolute Gasteiger partial charge is 0.351 e. The molecule has 0 aliphatic heterocycles. The molecular formula is C64H120N4O4. The van der Waals surface area contributed by atoms with Gasteiger partial charge in [0.1, 0.15) is 0 Å². The van der Waals surface area contributed by atoms with Crippen LogP contribution in [0.5, 0.6) is 0 Å². The van der Waals surface area contributed by atoms with Crippen molar-refractivity contribution in [1.29, 1.82) is 0 Å². The molecule has 3 fully saturated rings. The molecule has 0 radical (unpaired) electrons. The van der Waals surface area contributed by atoms with Crippen LogP contribution in [-0.4, -0.2) is 47.8 Å². The van der Waals surface area contributed by atoms with Crippen molar-refractivity contribution in [3.8, 4) is 0 Å². The summed E-state index contributed by atoms with van der Waals surface area (Å²) in [7, 11) is 0. The van der Waals surface area contributed by atoms with Gasteiger partial charge in [0.05, 0.1) is 0 Å². The van der Waals surface area contributed by atoms with Crippen molar-refractivity contribution in [2.45, 2.75) is 349 Å². The Morgan fingerprint density at radius 1 is 0.347 bits per heavy atom. The zero-order valence-corrected chi connectivity index (χ0v) is 49.0. The van der Waals surface area contributed by atoms with Gasteiger partial charge in [0.25, 0.3) is 0 Å². The molecule has 4 unspecified atom stereocenters. The first-order chi connectivity index (χ1) is 34.7. The number of nitrogens with one attached hydrogen (secondary N) is 4. The molecule has 0 spiro atoms. The molecule has 0 aromatic rings. The lowest BCUT2D eigenvalue weighted by Gasteiger charge is -2.42. The lowest BCUT2D eigenvalue weighted by Crippen LogP contribution is -2.55. The second kappa shape index (κ2) is 37.6. The predicted octanol–water partition coefficient (Wildman–Crippen LogP) is 16.9. The molecule has 3 rings (SSSR count). The van der Waals surface area contributed by atoms with E-state index in [1.807, 2.05) is 0 Å². The third-order valence-corrected chi connectivity index (χ3v) is 18.3. The zero-order chi connectivity index (χ0) is 52.5. The van der Waals surface area contributed by atoms with Crippen LogP contribution < -0.4 is 21.3 Å². The summed E-state index contributed by atoms with van der Waals surface area (Å²) in [6.07, 6.45) is 49.6. The van der Waals surface area contributed by atoms with Crippen LogP contribution in [0, 0.1) is 34.5 Å². The number of rotatable bonds is 40. The second-order valence-electron chi connectivity index (χ2n) is 25.6. The van der Waals surface area contributed by atoms with Gasteiger partial charge in [0.15, 0.2) is 0 Å². The number of carbonyl (C=O) groups excluding carboxylic acids is 4. The Morgan fingerprint density at radius 2 is 0.611 bits per heavy atom. The van der Waals surface area contributed by atoms with E-state index in [1.54, 1.807) is 0 Å². The molecule has 4 amide bonds. The van der Waals surface area contributed by atoms with Gasteiger partial charge in [-0.25, -0.2) is 0 Å². The van der Waals surface area contributed by atoms with E-state index in [0.29, 0.717) is 12.8 Å². The summed E-state index contributed by atoms with van der Waals surface area (Å²) in [6, 6.07) is 0.165. The van der Waals surface area contributed by atoms with Gasteiger partial charge >= 0.3 is 0 Å². The number of unbranched alkanes of at least 4 members (excludes halogenated alkanes) is 18. The molecule has 72 heavy (non-hydrogen) atoms.